The van der Waals surface area contributed by atoms with Gasteiger partial charge >= 0.3 is 0 Å². The molecule has 1 fully saturated rings. The van der Waals surface area contributed by atoms with Crippen molar-refractivity contribution < 1.29 is 9.59 Å². The van der Waals surface area contributed by atoms with E-state index in [1.165, 1.54) is 11.3 Å². The number of piperidine rings is 1. The van der Waals surface area contributed by atoms with Crippen LogP contribution in [0.1, 0.15) is 37.7 Å². The summed E-state index contributed by atoms with van der Waals surface area (Å²) in [6, 6.07) is 8.87. The molecule has 1 aromatic rings. The van der Waals surface area contributed by atoms with Crippen LogP contribution in [-0.2, 0) is 9.59 Å². The molecule has 24 heavy (non-hydrogen) atoms. The molecule has 0 bridgehead atoms. The predicted molar refractivity (Wildman–Crippen MR) is 97.1 cm³/mol. The molecule has 1 aliphatic rings. The van der Waals surface area contributed by atoms with Gasteiger partial charge in [0.15, 0.2) is 0 Å². The van der Waals surface area contributed by atoms with Crippen molar-refractivity contribution in [1.29, 1.82) is 0 Å². The van der Waals surface area contributed by atoms with Crippen LogP contribution in [0, 0.1) is 6.92 Å². The number of carbonyl (C=O) groups excluding carboxylic acids is 2. The maximum atomic E-state index is 12.4. The SMILES string of the molecule is CNC(=O)CCCC(=O)N1CCC[C@@H](N(C)c2ccc(C)cc2)C1. The highest BCUT2D eigenvalue weighted by atomic mass is 16.2. The van der Waals surface area contributed by atoms with E-state index < -0.39 is 0 Å². The van der Waals surface area contributed by atoms with E-state index in [1.54, 1.807) is 7.05 Å². The quantitative estimate of drug-likeness (QED) is 0.870. The molecule has 0 aliphatic carbocycles. The van der Waals surface area contributed by atoms with Gasteiger partial charge < -0.3 is 15.1 Å². The summed E-state index contributed by atoms with van der Waals surface area (Å²) in [5.74, 6) is 0.166. The number of hydrogen-bond donors (Lipinski definition) is 1. The van der Waals surface area contributed by atoms with Crippen molar-refractivity contribution in [2.45, 2.75) is 45.1 Å². The first-order chi connectivity index (χ1) is 11.5. The highest BCUT2D eigenvalue weighted by Gasteiger charge is 2.26. The molecule has 1 heterocycles. The van der Waals surface area contributed by atoms with Crippen LogP contribution in [0.5, 0.6) is 0 Å². The predicted octanol–water partition coefficient (Wildman–Crippen LogP) is 2.34. The van der Waals surface area contributed by atoms with Crippen molar-refractivity contribution >= 4 is 17.5 Å². The molecule has 132 valence electrons. The van der Waals surface area contributed by atoms with Crippen LogP contribution in [0.15, 0.2) is 24.3 Å². The molecule has 1 saturated heterocycles. The molecule has 1 atom stereocenters. The molecule has 0 unspecified atom stereocenters. The van der Waals surface area contributed by atoms with Crippen LogP contribution in [0.3, 0.4) is 0 Å². The molecule has 1 aliphatic heterocycles. The van der Waals surface area contributed by atoms with Gasteiger partial charge in [0.2, 0.25) is 11.8 Å². The second-order valence-corrected chi connectivity index (χ2v) is 6.61. The summed E-state index contributed by atoms with van der Waals surface area (Å²) in [6.07, 6.45) is 3.62. The van der Waals surface area contributed by atoms with Gasteiger partial charge in [-0.2, -0.15) is 0 Å². The average Bonchev–Trinajstić information content (AvgIpc) is 2.61. The minimum absolute atomic E-state index is 0.00146. The zero-order valence-electron chi connectivity index (χ0n) is 15.0. The van der Waals surface area contributed by atoms with Crippen LogP contribution in [0.25, 0.3) is 0 Å². The first kappa shape index (κ1) is 18.3. The summed E-state index contributed by atoms with van der Waals surface area (Å²) in [6.45, 7) is 3.68. The molecular formula is C19H29N3O2. The first-order valence-corrected chi connectivity index (χ1v) is 8.79. The van der Waals surface area contributed by atoms with Crippen LogP contribution in [-0.4, -0.2) is 49.9 Å². The lowest BCUT2D eigenvalue weighted by atomic mass is 10.0. The molecular weight excluding hydrogens is 302 g/mol. The zero-order chi connectivity index (χ0) is 17.5. The molecule has 2 amide bonds. The molecule has 0 saturated carbocycles. The Hall–Kier alpha value is -2.04. The van der Waals surface area contributed by atoms with Crippen molar-refractivity contribution in [2.24, 2.45) is 0 Å². The Morgan fingerprint density at radius 3 is 2.62 bits per heavy atom. The Bertz CT molecular complexity index is 556. The Morgan fingerprint density at radius 1 is 1.25 bits per heavy atom. The lowest BCUT2D eigenvalue weighted by molar-refractivity contribution is -0.132. The highest BCUT2D eigenvalue weighted by Crippen LogP contribution is 2.22. The summed E-state index contributed by atoms with van der Waals surface area (Å²) in [7, 11) is 3.73. The zero-order valence-corrected chi connectivity index (χ0v) is 15.0. The van der Waals surface area contributed by atoms with Crippen LogP contribution in [0.4, 0.5) is 5.69 Å². The number of rotatable bonds is 6. The third-order valence-corrected chi connectivity index (χ3v) is 4.81. The van der Waals surface area contributed by atoms with Gasteiger partial charge in [-0.3, -0.25) is 9.59 Å². The summed E-state index contributed by atoms with van der Waals surface area (Å²) in [4.78, 5) is 27.9. The first-order valence-electron chi connectivity index (χ1n) is 8.79. The maximum Gasteiger partial charge on any atom is 0.222 e. The normalized spacial score (nSPS) is 17.5. The van der Waals surface area contributed by atoms with Crippen molar-refractivity contribution in [3.63, 3.8) is 0 Å². The Kier molecular flexibility index (Phi) is 6.64. The van der Waals surface area contributed by atoms with Crippen LogP contribution >= 0.6 is 0 Å². The molecule has 5 heteroatoms. The van der Waals surface area contributed by atoms with Crippen molar-refractivity contribution in [1.82, 2.24) is 10.2 Å². The number of carbonyl (C=O) groups is 2. The molecule has 0 radical (unpaired) electrons. The van der Waals surface area contributed by atoms with E-state index in [0.717, 1.165) is 25.9 Å². The number of amides is 2. The molecule has 5 nitrogen and oxygen atoms in total. The topological polar surface area (TPSA) is 52.7 Å². The monoisotopic (exact) mass is 331 g/mol. The molecule has 2 rings (SSSR count). The highest BCUT2D eigenvalue weighted by molar-refractivity contribution is 5.79. The van der Waals surface area contributed by atoms with E-state index in [2.05, 4.69) is 48.5 Å². The summed E-state index contributed by atoms with van der Waals surface area (Å²) < 4.78 is 0. The number of hydrogen-bond acceptors (Lipinski definition) is 3. The van der Waals surface area contributed by atoms with Gasteiger partial charge in [-0.25, -0.2) is 0 Å². The van der Waals surface area contributed by atoms with Crippen LogP contribution in [0.2, 0.25) is 0 Å². The second-order valence-electron chi connectivity index (χ2n) is 6.61. The standard InChI is InChI=1S/C19H29N3O2/c1-15-9-11-16(12-10-15)21(3)17-6-5-13-22(14-17)19(24)8-4-7-18(23)20-2/h9-12,17H,4-8,13-14H2,1-3H3,(H,20,23)/t17-/m1/s1. The number of nitrogens with zero attached hydrogens (tertiary/aromatic N) is 2. The molecule has 1 N–H and O–H groups in total. The molecule has 0 spiro atoms. The van der Waals surface area contributed by atoms with Crippen LogP contribution < -0.4 is 10.2 Å². The number of likely N-dealkylation sites (tertiary alicyclic amines) is 1. The van der Waals surface area contributed by atoms with Gasteiger partial charge in [0.05, 0.1) is 0 Å². The Labute approximate surface area is 145 Å². The third kappa shape index (κ3) is 4.98. The number of anilines is 1. The van der Waals surface area contributed by atoms with E-state index in [9.17, 15) is 9.59 Å². The summed E-state index contributed by atoms with van der Waals surface area (Å²) in [5, 5.41) is 2.59. The van der Waals surface area contributed by atoms with Crippen molar-refractivity contribution in [3.05, 3.63) is 29.8 Å². The van der Waals surface area contributed by atoms with Crippen molar-refractivity contribution in [3.8, 4) is 0 Å². The molecule has 1 aromatic carbocycles. The third-order valence-electron chi connectivity index (χ3n) is 4.81. The smallest absolute Gasteiger partial charge is 0.222 e. The van der Waals surface area contributed by atoms with Gasteiger partial charge in [-0.15, -0.1) is 0 Å². The van der Waals surface area contributed by atoms with Gasteiger partial charge in [-0.1, -0.05) is 17.7 Å². The maximum absolute atomic E-state index is 12.4. The number of nitrogens with one attached hydrogen (secondary N) is 1. The lowest BCUT2D eigenvalue weighted by Crippen LogP contribution is -2.48. The number of benzene rings is 1. The summed E-state index contributed by atoms with van der Waals surface area (Å²) in [5.41, 5.74) is 2.45. The van der Waals surface area contributed by atoms with E-state index in [-0.39, 0.29) is 11.8 Å². The van der Waals surface area contributed by atoms with Gasteiger partial charge in [0, 0.05) is 51.8 Å². The minimum Gasteiger partial charge on any atom is -0.370 e. The molecule has 0 aromatic heterocycles. The second kappa shape index (κ2) is 8.71. The largest absolute Gasteiger partial charge is 0.370 e. The summed E-state index contributed by atoms with van der Waals surface area (Å²) >= 11 is 0. The van der Waals surface area contributed by atoms with Gasteiger partial charge in [-0.05, 0) is 38.3 Å². The van der Waals surface area contributed by atoms with E-state index in [4.69, 9.17) is 0 Å². The van der Waals surface area contributed by atoms with Gasteiger partial charge in [0.1, 0.15) is 0 Å². The average molecular weight is 331 g/mol. The Balaban J connectivity index is 1.87. The van der Waals surface area contributed by atoms with E-state index in [0.29, 0.717) is 25.3 Å². The van der Waals surface area contributed by atoms with E-state index in [1.807, 2.05) is 4.90 Å². The fourth-order valence-corrected chi connectivity index (χ4v) is 3.17. The van der Waals surface area contributed by atoms with Gasteiger partial charge in [0.25, 0.3) is 0 Å². The fraction of sp³-hybridized carbons (Fsp3) is 0.579. The number of aryl methyl sites for hydroxylation is 1. The van der Waals surface area contributed by atoms with E-state index >= 15 is 0 Å². The van der Waals surface area contributed by atoms with Crippen molar-refractivity contribution in [2.75, 3.05) is 32.1 Å². The number of likely N-dealkylation sites (N-methyl/N-ethyl adjacent to an activating group) is 1. The lowest BCUT2D eigenvalue weighted by Gasteiger charge is -2.39. The Morgan fingerprint density at radius 2 is 1.96 bits per heavy atom. The fourth-order valence-electron chi connectivity index (χ4n) is 3.17. The minimum atomic E-state index is -0.00146.